The molecule has 0 saturated heterocycles. The Balaban J connectivity index is 1.43. The zero-order valence-corrected chi connectivity index (χ0v) is 17.1. The molecule has 0 radical (unpaired) electrons. The lowest BCUT2D eigenvalue weighted by Gasteiger charge is -2.09. The first-order valence-corrected chi connectivity index (χ1v) is 10.2. The third kappa shape index (κ3) is 4.04. The van der Waals surface area contributed by atoms with E-state index in [9.17, 15) is 9.59 Å². The highest BCUT2D eigenvalue weighted by molar-refractivity contribution is 6.06. The number of nitrogens with zero attached hydrogens (tertiary/aromatic N) is 1. The summed E-state index contributed by atoms with van der Waals surface area (Å²) in [7, 11) is 0. The molecular formula is C27H19N3O2. The molecule has 5 heteroatoms. The van der Waals surface area contributed by atoms with Crippen molar-refractivity contribution in [3.8, 4) is 0 Å². The largest absolute Gasteiger partial charge is 0.322 e. The fourth-order valence-electron chi connectivity index (χ4n) is 3.56. The SMILES string of the molecule is O=C(Nc1ccc2cc3ccc(NC(=O)c4ccccc4)cc3nc2c1)c1ccccc1. The first-order chi connectivity index (χ1) is 15.7. The molecule has 2 N–H and O–H groups in total. The minimum absolute atomic E-state index is 0.170. The van der Waals surface area contributed by atoms with Crippen molar-refractivity contribution in [3.63, 3.8) is 0 Å². The fraction of sp³-hybridized carbons (Fsp3) is 0. The molecule has 1 aromatic heterocycles. The van der Waals surface area contributed by atoms with Crippen LogP contribution in [-0.2, 0) is 0 Å². The summed E-state index contributed by atoms with van der Waals surface area (Å²) in [5, 5.41) is 7.77. The Kier molecular flexibility index (Phi) is 5.06. The molecule has 2 amide bonds. The van der Waals surface area contributed by atoms with E-state index in [4.69, 9.17) is 4.98 Å². The minimum Gasteiger partial charge on any atom is -0.322 e. The maximum absolute atomic E-state index is 12.5. The molecule has 5 aromatic rings. The van der Waals surface area contributed by atoms with Crippen LogP contribution in [0.5, 0.6) is 0 Å². The van der Waals surface area contributed by atoms with Gasteiger partial charge in [-0.1, -0.05) is 48.5 Å². The van der Waals surface area contributed by atoms with E-state index >= 15 is 0 Å². The zero-order valence-electron chi connectivity index (χ0n) is 17.1. The van der Waals surface area contributed by atoms with E-state index in [2.05, 4.69) is 10.6 Å². The number of aromatic nitrogens is 1. The predicted molar refractivity (Wildman–Crippen MR) is 128 cm³/mol. The van der Waals surface area contributed by atoms with Gasteiger partial charge in [-0.05, 0) is 54.6 Å². The van der Waals surface area contributed by atoms with E-state index < -0.39 is 0 Å². The minimum atomic E-state index is -0.170. The fourth-order valence-corrected chi connectivity index (χ4v) is 3.56. The first kappa shape index (κ1) is 19.5. The maximum Gasteiger partial charge on any atom is 0.255 e. The standard InChI is InChI=1S/C27H19N3O2/c31-26(18-7-3-1-4-8-18)28-22-13-11-20-15-21-12-14-23(17-25(21)30-24(20)16-22)29-27(32)19-9-5-2-6-10-19/h1-17H,(H,28,31)(H,29,32). The average Bonchev–Trinajstić information content (AvgIpc) is 2.84. The molecule has 0 unspecified atom stereocenters. The van der Waals surface area contributed by atoms with Gasteiger partial charge in [0, 0.05) is 33.3 Å². The summed E-state index contributed by atoms with van der Waals surface area (Å²) < 4.78 is 0. The van der Waals surface area contributed by atoms with Gasteiger partial charge in [0.15, 0.2) is 0 Å². The second-order valence-electron chi connectivity index (χ2n) is 7.44. The monoisotopic (exact) mass is 417 g/mol. The van der Waals surface area contributed by atoms with Gasteiger partial charge in [0.25, 0.3) is 11.8 Å². The van der Waals surface area contributed by atoms with Gasteiger partial charge < -0.3 is 10.6 Å². The number of amides is 2. The summed E-state index contributed by atoms with van der Waals surface area (Å²) in [5.41, 5.74) is 4.05. The Morgan fingerprint density at radius 3 is 1.41 bits per heavy atom. The predicted octanol–water partition coefficient (Wildman–Crippen LogP) is 5.89. The lowest BCUT2D eigenvalue weighted by atomic mass is 10.1. The van der Waals surface area contributed by atoms with Crippen molar-refractivity contribution in [1.29, 1.82) is 0 Å². The Morgan fingerprint density at radius 2 is 0.969 bits per heavy atom. The smallest absolute Gasteiger partial charge is 0.255 e. The van der Waals surface area contributed by atoms with Gasteiger partial charge in [-0.2, -0.15) is 0 Å². The molecule has 0 fully saturated rings. The number of benzene rings is 4. The van der Waals surface area contributed by atoms with Crippen LogP contribution in [0.4, 0.5) is 11.4 Å². The third-order valence-electron chi connectivity index (χ3n) is 5.20. The zero-order chi connectivity index (χ0) is 21.9. The van der Waals surface area contributed by atoms with Crippen LogP contribution in [0.1, 0.15) is 20.7 Å². The Bertz CT molecular complexity index is 1340. The molecule has 0 bridgehead atoms. The molecule has 5 nitrogen and oxygen atoms in total. The summed E-state index contributed by atoms with van der Waals surface area (Å²) in [5.74, 6) is -0.340. The molecule has 1 heterocycles. The average molecular weight is 417 g/mol. The van der Waals surface area contributed by atoms with Gasteiger partial charge in [0.05, 0.1) is 11.0 Å². The molecule has 32 heavy (non-hydrogen) atoms. The number of rotatable bonds is 4. The van der Waals surface area contributed by atoms with E-state index in [1.807, 2.05) is 78.9 Å². The molecule has 0 atom stereocenters. The summed E-state index contributed by atoms with van der Waals surface area (Å²) in [6.07, 6.45) is 0. The number of fused-ring (bicyclic) bond motifs is 2. The Hall–Kier alpha value is -4.51. The van der Waals surface area contributed by atoms with Gasteiger partial charge in [0.2, 0.25) is 0 Å². The molecule has 0 aliphatic heterocycles. The second-order valence-corrected chi connectivity index (χ2v) is 7.44. The van der Waals surface area contributed by atoms with Crippen molar-refractivity contribution in [2.24, 2.45) is 0 Å². The summed E-state index contributed by atoms with van der Waals surface area (Å²) >= 11 is 0. The summed E-state index contributed by atoms with van der Waals surface area (Å²) in [6, 6.07) is 31.5. The number of anilines is 2. The summed E-state index contributed by atoms with van der Waals surface area (Å²) in [6.45, 7) is 0. The van der Waals surface area contributed by atoms with Gasteiger partial charge in [-0.25, -0.2) is 4.98 Å². The summed E-state index contributed by atoms with van der Waals surface area (Å²) in [4.78, 5) is 29.7. The van der Waals surface area contributed by atoms with Crippen LogP contribution in [0.3, 0.4) is 0 Å². The van der Waals surface area contributed by atoms with Crippen molar-refractivity contribution < 1.29 is 9.59 Å². The van der Waals surface area contributed by atoms with E-state index in [1.54, 1.807) is 24.3 Å². The normalized spacial score (nSPS) is 10.8. The van der Waals surface area contributed by atoms with Crippen molar-refractivity contribution in [1.82, 2.24) is 4.98 Å². The van der Waals surface area contributed by atoms with Crippen LogP contribution < -0.4 is 10.6 Å². The van der Waals surface area contributed by atoms with E-state index in [0.29, 0.717) is 22.5 Å². The molecule has 0 aliphatic rings. The van der Waals surface area contributed by atoms with Crippen LogP contribution in [0.15, 0.2) is 103 Å². The molecular weight excluding hydrogens is 398 g/mol. The first-order valence-electron chi connectivity index (χ1n) is 10.2. The van der Waals surface area contributed by atoms with Crippen molar-refractivity contribution >= 4 is 45.0 Å². The highest BCUT2D eigenvalue weighted by Gasteiger charge is 2.09. The number of pyridine rings is 1. The second kappa shape index (κ2) is 8.32. The van der Waals surface area contributed by atoms with Gasteiger partial charge >= 0.3 is 0 Å². The van der Waals surface area contributed by atoms with Gasteiger partial charge in [0.1, 0.15) is 0 Å². The van der Waals surface area contributed by atoms with Crippen LogP contribution >= 0.6 is 0 Å². The lowest BCUT2D eigenvalue weighted by Crippen LogP contribution is -2.11. The van der Waals surface area contributed by atoms with Crippen LogP contribution in [-0.4, -0.2) is 16.8 Å². The lowest BCUT2D eigenvalue weighted by molar-refractivity contribution is 0.101. The van der Waals surface area contributed by atoms with Crippen molar-refractivity contribution in [2.75, 3.05) is 10.6 Å². The molecule has 4 aromatic carbocycles. The van der Waals surface area contributed by atoms with Crippen molar-refractivity contribution in [2.45, 2.75) is 0 Å². The molecule has 0 saturated carbocycles. The van der Waals surface area contributed by atoms with E-state index in [-0.39, 0.29) is 11.8 Å². The van der Waals surface area contributed by atoms with Gasteiger partial charge in [-0.3, -0.25) is 9.59 Å². The number of hydrogen-bond donors (Lipinski definition) is 2. The number of nitrogens with one attached hydrogen (secondary N) is 2. The maximum atomic E-state index is 12.5. The number of carbonyl (C=O) groups excluding carboxylic acids is 2. The highest BCUT2D eigenvalue weighted by atomic mass is 16.2. The van der Waals surface area contributed by atoms with Crippen LogP contribution in [0.2, 0.25) is 0 Å². The Labute approximate surface area is 184 Å². The topological polar surface area (TPSA) is 71.1 Å². The van der Waals surface area contributed by atoms with Crippen LogP contribution in [0.25, 0.3) is 21.8 Å². The highest BCUT2D eigenvalue weighted by Crippen LogP contribution is 2.25. The quantitative estimate of drug-likeness (QED) is 0.358. The third-order valence-corrected chi connectivity index (χ3v) is 5.20. The molecule has 154 valence electrons. The van der Waals surface area contributed by atoms with E-state index in [1.165, 1.54) is 0 Å². The van der Waals surface area contributed by atoms with E-state index in [0.717, 1.165) is 21.8 Å². The molecule has 0 spiro atoms. The van der Waals surface area contributed by atoms with Crippen LogP contribution in [0, 0.1) is 0 Å². The molecule has 5 rings (SSSR count). The number of hydrogen-bond acceptors (Lipinski definition) is 3. The molecule has 0 aliphatic carbocycles. The Morgan fingerprint density at radius 1 is 0.531 bits per heavy atom. The van der Waals surface area contributed by atoms with Gasteiger partial charge in [-0.15, -0.1) is 0 Å². The number of carbonyl (C=O) groups is 2. The van der Waals surface area contributed by atoms with Crippen molar-refractivity contribution in [3.05, 3.63) is 114 Å².